The maximum atomic E-state index is 3.48. The molecule has 88 valence electrons. The lowest BCUT2D eigenvalue weighted by molar-refractivity contribution is 0.120. The summed E-state index contributed by atoms with van der Waals surface area (Å²) < 4.78 is 0. The third-order valence-electron chi connectivity index (χ3n) is 4.29. The molecule has 0 unspecified atom stereocenters. The summed E-state index contributed by atoms with van der Waals surface area (Å²) in [6.07, 6.45) is 7.05. The fourth-order valence-electron chi connectivity index (χ4n) is 2.96. The summed E-state index contributed by atoms with van der Waals surface area (Å²) in [5, 5.41) is 3.48. The fraction of sp³-hybridized carbons (Fsp3) is 1.00. The van der Waals surface area contributed by atoms with Crippen molar-refractivity contribution >= 4 is 0 Å². The van der Waals surface area contributed by atoms with Crippen LogP contribution >= 0.6 is 0 Å². The molecule has 0 radical (unpaired) electrons. The molecule has 1 aliphatic heterocycles. The van der Waals surface area contributed by atoms with Crippen LogP contribution in [0.4, 0.5) is 0 Å². The Morgan fingerprint density at radius 3 is 2.47 bits per heavy atom. The van der Waals surface area contributed by atoms with E-state index in [1.165, 1.54) is 58.3 Å². The van der Waals surface area contributed by atoms with Crippen LogP contribution in [0.25, 0.3) is 0 Å². The largest absolute Gasteiger partial charge is 0.317 e. The van der Waals surface area contributed by atoms with Gasteiger partial charge < -0.3 is 10.2 Å². The Morgan fingerprint density at radius 1 is 1.27 bits per heavy atom. The van der Waals surface area contributed by atoms with E-state index in [0.29, 0.717) is 5.41 Å². The topological polar surface area (TPSA) is 15.3 Å². The van der Waals surface area contributed by atoms with Gasteiger partial charge in [0.05, 0.1) is 0 Å². The minimum Gasteiger partial charge on any atom is -0.317 e. The third-order valence-corrected chi connectivity index (χ3v) is 4.29. The van der Waals surface area contributed by atoms with Crippen molar-refractivity contribution < 1.29 is 0 Å². The van der Waals surface area contributed by atoms with E-state index in [2.05, 4.69) is 24.2 Å². The molecule has 0 aromatic heterocycles. The van der Waals surface area contributed by atoms with Gasteiger partial charge in [-0.25, -0.2) is 0 Å². The van der Waals surface area contributed by atoms with Crippen LogP contribution in [0, 0.1) is 11.3 Å². The second-order valence-corrected chi connectivity index (χ2v) is 5.74. The highest BCUT2D eigenvalue weighted by Crippen LogP contribution is 2.35. The molecular formula is C13H26N2. The number of nitrogens with zero attached hydrogens (tertiary/aromatic N) is 1. The first-order valence-corrected chi connectivity index (χ1v) is 6.63. The molecule has 1 saturated heterocycles. The molecule has 0 aromatic rings. The molecule has 1 N–H and O–H groups in total. The van der Waals surface area contributed by atoms with Crippen molar-refractivity contribution in [3.8, 4) is 0 Å². The number of hydrogen-bond acceptors (Lipinski definition) is 2. The van der Waals surface area contributed by atoms with Crippen LogP contribution < -0.4 is 5.32 Å². The second kappa shape index (κ2) is 4.84. The van der Waals surface area contributed by atoms with Crippen molar-refractivity contribution in [3.63, 3.8) is 0 Å². The van der Waals surface area contributed by atoms with Crippen LogP contribution in [-0.2, 0) is 0 Å². The molecule has 1 aliphatic carbocycles. The Morgan fingerprint density at radius 2 is 1.93 bits per heavy atom. The van der Waals surface area contributed by atoms with E-state index in [-0.39, 0.29) is 0 Å². The summed E-state index contributed by atoms with van der Waals surface area (Å²) >= 11 is 0. The maximum Gasteiger partial charge on any atom is 0.00359 e. The van der Waals surface area contributed by atoms with Crippen LogP contribution in [0.15, 0.2) is 0 Å². The van der Waals surface area contributed by atoms with Crippen molar-refractivity contribution in [1.29, 1.82) is 0 Å². The van der Waals surface area contributed by atoms with Gasteiger partial charge in [0.15, 0.2) is 0 Å². The standard InChI is InChI=1S/C13H26N2/c1-3-13(6-8-14-9-7-13)11-15(2)10-12-4-5-12/h12,14H,3-11H2,1-2H3. The smallest absolute Gasteiger partial charge is 0.00359 e. The Kier molecular flexibility index (Phi) is 3.68. The second-order valence-electron chi connectivity index (χ2n) is 5.74. The van der Waals surface area contributed by atoms with Crippen LogP contribution in [0.1, 0.15) is 39.0 Å². The molecule has 2 aliphatic rings. The lowest BCUT2D eigenvalue weighted by Gasteiger charge is -2.40. The molecule has 1 saturated carbocycles. The molecule has 2 nitrogen and oxygen atoms in total. The fourth-order valence-corrected chi connectivity index (χ4v) is 2.96. The van der Waals surface area contributed by atoms with Gasteiger partial charge in [-0.1, -0.05) is 6.92 Å². The highest BCUT2D eigenvalue weighted by atomic mass is 15.1. The highest BCUT2D eigenvalue weighted by molar-refractivity contribution is 4.87. The number of piperidine rings is 1. The summed E-state index contributed by atoms with van der Waals surface area (Å²) in [5.74, 6) is 1.03. The number of nitrogens with one attached hydrogen (secondary N) is 1. The van der Waals surface area contributed by atoms with Crippen molar-refractivity contribution in [3.05, 3.63) is 0 Å². The van der Waals surface area contributed by atoms with Gasteiger partial charge in [0.25, 0.3) is 0 Å². The van der Waals surface area contributed by atoms with Crippen molar-refractivity contribution in [2.24, 2.45) is 11.3 Å². The zero-order valence-electron chi connectivity index (χ0n) is 10.4. The first-order valence-electron chi connectivity index (χ1n) is 6.63. The summed E-state index contributed by atoms with van der Waals surface area (Å²) in [5.41, 5.74) is 0.620. The molecule has 1 heterocycles. The molecule has 0 spiro atoms. The normalized spacial score (nSPS) is 25.8. The molecule has 0 aromatic carbocycles. The van der Waals surface area contributed by atoms with Gasteiger partial charge in [-0.15, -0.1) is 0 Å². The summed E-state index contributed by atoms with van der Waals surface area (Å²) in [7, 11) is 2.32. The first-order chi connectivity index (χ1) is 7.24. The van der Waals surface area contributed by atoms with Gasteiger partial charge in [-0.3, -0.25) is 0 Å². The van der Waals surface area contributed by atoms with E-state index in [9.17, 15) is 0 Å². The van der Waals surface area contributed by atoms with E-state index in [1.54, 1.807) is 0 Å². The molecule has 0 atom stereocenters. The van der Waals surface area contributed by atoms with E-state index >= 15 is 0 Å². The number of rotatable bonds is 5. The molecule has 0 amide bonds. The molecule has 0 bridgehead atoms. The summed E-state index contributed by atoms with van der Waals surface area (Å²) in [6, 6.07) is 0. The zero-order chi connectivity index (χ0) is 10.7. The van der Waals surface area contributed by atoms with E-state index in [4.69, 9.17) is 0 Å². The average molecular weight is 210 g/mol. The Balaban J connectivity index is 1.81. The van der Waals surface area contributed by atoms with Crippen molar-refractivity contribution in [2.75, 3.05) is 33.2 Å². The Labute approximate surface area is 94.4 Å². The van der Waals surface area contributed by atoms with Gasteiger partial charge >= 0.3 is 0 Å². The zero-order valence-corrected chi connectivity index (χ0v) is 10.4. The SMILES string of the molecule is CCC1(CN(C)CC2CC2)CCNCC1. The van der Waals surface area contributed by atoms with Crippen LogP contribution in [0.2, 0.25) is 0 Å². The average Bonchev–Trinajstić information content (AvgIpc) is 3.03. The van der Waals surface area contributed by atoms with Gasteiger partial charge in [-0.2, -0.15) is 0 Å². The quantitative estimate of drug-likeness (QED) is 0.747. The first kappa shape index (κ1) is 11.4. The minimum atomic E-state index is 0.620. The van der Waals surface area contributed by atoms with Crippen molar-refractivity contribution in [1.82, 2.24) is 10.2 Å². The number of hydrogen-bond donors (Lipinski definition) is 1. The van der Waals surface area contributed by atoms with Gasteiger partial charge in [-0.05, 0) is 63.6 Å². The predicted octanol–water partition coefficient (Wildman–Crippen LogP) is 2.11. The predicted molar refractivity (Wildman–Crippen MR) is 65.0 cm³/mol. The Bertz CT molecular complexity index is 193. The monoisotopic (exact) mass is 210 g/mol. The highest BCUT2D eigenvalue weighted by Gasteiger charge is 2.32. The van der Waals surface area contributed by atoms with Crippen LogP contribution in [0.5, 0.6) is 0 Å². The van der Waals surface area contributed by atoms with E-state index in [1.807, 2.05) is 0 Å². The lowest BCUT2D eigenvalue weighted by Crippen LogP contribution is -2.43. The molecule has 2 rings (SSSR count). The summed E-state index contributed by atoms with van der Waals surface area (Å²) in [6.45, 7) is 7.49. The third kappa shape index (κ3) is 3.18. The summed E-state index contributed by atoms with van der Waals surface area (Å²) in [4.78, 5) is 2.59. The van der Waals surface area contributed by atoms with Crippen LogP contribution in [-0.4, -0.2) is 38.1 Å². The molecule has 15 heavy (non-hydrogen) atoms. The molecule has 2 fully saturated rings. The van der Waals surface area contributed by atoms with Gasteiger partial charge in [0.1, 0.15) is 0 Å². The lowest BCUT2D eigenvalue weighted by atomic mass is 9.76. The van der Waals surface area contributed by atoms with Gasteiger partial charge in [0, 0.05) is 13.1 Å². The van der Waals surface area contributed by atoms with Gasteiger partial charge in [0.2, 0.25) is 0 Å². The van der Waals surface area contributed by atoms with Crippen molar-refractivity contribution in [2.45, 2.75) is 39.0 Å². The molecular weight excluding hydrogens is 184 g/mol. The minimum absolute atomic E-state index is 0.620. The van der Waals surface area contributed by atoms with E-state index in [0.717, 1.165) is 5.92 Å². The Hall–Kier alpha value is -0.0800. The van der Waals surface area contributed by atoms with E-state index < -0.39 is 0 Å². The maximum absolute atomic E-state index is 3.48. The van der Waals surface area contributed by atoms with Crippen LogP contribution in [0.3, 0.4) is 0 Å². The molecule has 2 heteroatoms.